The van der Waals surface area contributed by atoms with Gasteiger partial charge in [0.1, 0.15) is 5.92 Å². The summed E-state index contributed by atoms with van der Waals surface area (Å²) in [7, 11) is 0. The van der Waals surface area contributed by atoms with Crippen molar-refractivity contribution in [2.45, 2.75) is 27.3 Å². The van der Waals surface area contributed by atoms with Gasteiger partial charge in [0.05, 0.1) is 6.07 Å². The third kappa shape index (κ3) is 3.56. The summed E-state index contributed by atoms with van der Waals surface area (Å²) in [6, 6.07) is 3.90. The predicted octanol–water partition coefficient (Wildman–Crippen LogP) is 1.80. The van der Waals surface area contributed by atoms with Crippen LogP contribution in [0.25, 0.3) is 0 Å². The van der Waals surface area contributed by atoms with Gasteiger partial charge in [0.2, 0.25) is 5.91 Å². The van der Waals surface area contributed by atoms with Gasteiger partial charge in [-0.15, -0.1) is 0 Å². The summed E-state index contributed by atoms with van der Waals surface area (Å²) >= 11 is 0. The molecule has 1 unspecified atom stereocenters. The van der Waals surface area contributed by atoms with Crippen LogP contribution in [-0.4, -0.2) is 10.9 Å². The molecule has 1 aromatic rings. The highest BCUT2D eigenvalue weighted by atomic mass is 16.1. The Balaban J connectivity index is 2.60. The van der Waals surface area contributed by atoms with Gasteiger partial charge in [-0.2, -0.15) is 5.26 Å². The third-order valence-electron chi connectivity index (χ3n) is 2.68. The summed E-state index contributed by atoms with van der Waals surface area (Å²) in [4.78, 5) is 15.7. The maximum Gasteiger partial charge on any atom is 0.237 e. The van der Waals surface area contributed by atoms with Crippen LogP contribution in [-0.2, 0) is 11.3 Å². The average molecular weight is 231 g/mol. The number of aromatic nitrogens is 1. The van der Waals surface area contributed by atoms with E-state index in [1.807, 2.05) is 32.9 Å². The van der Waals surface area contributed by atoms with Gasteiger partial charge < -0.3 is 5.32 Å². The molecule has 4 nitrogen and oxygen atoms in total. The number of nitrogens with zero attached hydrogens (tertiary/aromatic N) is 2. The van der Waals surface area contributed by atoms with Gasteiger partial charge in [0.15, 0.2) is 0 Å². The van der Waals surface area contributed by atoms with E-state index in [0.29, 0.717) is 6.54 Å². The van der Waals surface area contributed by atoms with Crippen LogP contribution in [0.5, 0.6) is 0 Å². The molecule has 0 radical (unpaired) electrons. The smallest absolute Gasteiger partial charge is 0.237 e. The Morgan fingerprint density at radius 2 is 2.29 bits per heavy atom. The summed E-state index contributed by atoms with van der Waals surface area (Å²) in [6.07, 6.45) is 3.45. The molecule has 4 heteroatoms. The van der Waals surface area contributed by atoms with Crippen LogP contribution < -0.4 is 5.32 Å². The lowest BCUT2D eigenvalue weighted by molar-refractivity contribution is -0.124. The van der Waals surface area contributed by atoms with E-state index < -0.39 is 5.92 Å². The zero-order valence-electron chi connectivity index (χ0n) is 10.4. The Morgan fingerprint density at radius 3 is 2.82 bits per heavy atom. The van der Waals surface area contributed by atoms with Crippen LogP contribution in [0.1, 0.15) is 25.0 Å². The first-order chi connectivity index (χ1) is 8.06. The van der Waals surface area contributed by atoms with E-state index in [4.69, 9.17) is 5.26 Å². The first kappa shape index (κ1) is 13.2. The minimum Gasteiger partial charge on any atom is -0.351 e. The van der Waals surface area contributed by atoms with Crippen molar-refractivity contribution in [1.82, 2.24) is 10.3 Å². The van der Waals surface area contributed by atoms with Crippen LogP contribution in [0.15, 0.2) is 18.5 Å². The number of nitriles is 1. The summed E-state index contributed by atoms with van der Waals surface area (Å²) in [6.45, 7) is 6.12. The summed E-state index contributed by atoms with van der Waals surface area (Å²) in [5.41, 5.74) is 2.06. The van der Waals surface area contributed by atoms with E-state index in [1.54, 1.807) is 12.4 Å². The molecule has 0 aliphatic heterocycles. The molecule has 1 heterocycles. The first-order valence-corrected chi connectivity index (χ1v) is 5.63. The minimum atomic E-state index is -0.586. The maximum atomic E-state index is 11.8. The molecule has 0 aliphatic rings. The van der Waals surface area contributed by atoms with Crippen LogP contribution in [0, 0.1) is 30.1 Å². The Morgan fingerprint density at radius 1 is 1.59 bits per heavy atom. The van der Waals surface area contributed by atoms with Crippen LogP contribution in [0.3, 0.4) is 0 Å². The van der Waals surface area contributed by atoms with Gasteiger partial charge >= 0.3 is 0 Å². The number of aryl methyl sites for hydroxylation is 1. The van der Waals surface area contributed by atoms with Crippen molar-refractivity contribution in [1.29, 1.82) is 5.26 Å². The summed E-state index contributed by atoms with van der Waals surface area (Å²) in [5, 5.41) is 11.7. The fraction of sp³-hybridized carbons (Fsp3) is 0.462. The molecule has 1 atom stereocenters. The van der Waals surface area contributed by atoms with Gasteiger partial charge in [-0.1, -0.05) is 13.8 Å². The average Bonchev–Trinajstić information content (AvgIpc) is 2.28. The molecule has 0 spiro atoms. The van der Waals surface area contributed by atoms with E-state index in [-0.39, 0.29) is 11.8 Å². The summed E-state index contributed by atoms with van der Waals surface area (Å²) in [5.74, 6) is -0.769. The van der Waals surface area contributed by atoms with E-state index in [9.17, 15) is 4.79 Å². The quantitative estimate of drug-likeness (QED) is 0.859. The lowest BCUT2D eigenvalue weighted by Gasteiger charge is -2.13. The monoisotopic (exact) mass is 231 g/mol. The topological polar surface area (TPSA) is 65.8 Å². The number of rotatable bonds is 4. The van der Waals surface area contributed by atoms with E-state index in [1.165, 1.54) is 0 Å². The lowest BCUT2D eigenvalue weighted by Crippen LogP contribution is -2.32. The Labute approximate surface area is 102 Å². The highest BCUT2D eigenvalue weighted by molar-refractivity contribution is 5.81. The highest BCUT2D eigenvalue weighted by Gasteiger charge is 2.21. The van der Waals surface area contributed by atoms with Crippen molar-refractivity contribution in [2.24, 2.45) is 11.8 Å². The predicted molar refractivity (Wildman–Crippen MR) is 64.8 cm³/mol. The van der Waals surface area contributed by atoms with E-state index in [0.717, 1.165) is 11.1 Å². The van der Waals surface area contributed by atoms with Gasteiger partial charge in [0.25, 0.3) is 0 Å². The molecule has 0 fully saturated rings. The minimum absolute atomic E-state index is 0.0264. The third-order valence-corrected chi connectivity index (χ3v) is 2.68. The zero-order valence-corrected chi connectivity index (χ0v) is 10.4. The van der Waals surface area contributed by atoms with E-state index in [2.05, 4.69) is 10.3 Å². The molecular weight excluding hydrogens is 214 g/mol. The molecular formula is C13H17N3O. The van der Waals surface area contributed by atoms with Crippen molar-refractivity contribution in [3.8, 4) is 6.07 Å². The van der Waals surface area contributed by atoms with Crippen LogP contribution in [0.4, 0.5) is 0 Å². The zero-order chi connectivity index (χ0) is 12.8. The molecule has 1 N–H and O–H groups in total. The number of hydrogen-bond acceptors (Lipinski definition) is 3. The number of amides is 1. The highest BCUT2D eigenvalue weighted by Crippen LogP contribution is 2.10. The Hall–Kier alpha value is -1.89. The molecule has 1 aromatic heterocycles. The molecule has 0 saturated carbocycles. The van der Waals surface area contributed by atoms with Gasteiger partial charge in [-0.25, -0.2) is 0 Å². The van der Waals surface area contributed by atoms with Crippen molar-refractivity contribution in [2.75, 3.05) is 0 Å². The van der Waals surface area contributed by atoms with Crippen molar-refractivity contribution < 1.29 is 4.79 Å². The lowest BCUT2D eigenvalue weighted by atomic mass is 9.96. The standard InChI is InChI=1S/C13H17N3O/c1-9(2)12(6-14)13(17)16-8-11-4-5-15-7-10(11)3/h4-5,7,9,12H,8H2,1-3H3,(H,16,17). The molecule has 90 valence electrons. The fourth-order valence-electron chi connectivity index (χ4n) is 1.50. The second-order valence-corrected chi connectivity index (χ2v) is 4.37. The largest absolute Gasteiger partial charge is 0.351 e. The number of carbonyl (C=O) groups is 1. The number of hydrogen-bond donors (Lipinski definition) is 1. The van der Waals surface area contributed by atoms with Gasteiger partial charge in [-0.05, 0) is 30.0 Å². The fourth-order valence-corrected chi connectivity index (χ4v) is 1.50. The molecule has 0 saturated heterocycles. The first-order valence-electron chi connectivity index (χ1n) is 5.63. The SMILES string of the molecule is Cc1cnccc1CNC(=O)C(C#N)C(C)C. The molecule has 0 aliphatic carbocycles. The molecule has 0 bridgehead atoms. The number of pyridine rings is 1. The molecule has 1 rings (SSSR count). The normalized spacial score (nSPS) is 11.9. The van der Waals surface area contributed by atoms with E-state index >= 15 is 0 Å². The van der Waals surface area contributed by atoms with Gasteiger partial charge in [-0.3, -0.25) is 9.78 Å². The molecule has 17 heavy (non-hydrogen) atoms. The number of carbonyl (C=O) groups excluding carboxylic acids is 1. The van der Waals surface area contributed by atoms with Crippen molar-refractivity contribution >= 4 is 5.91 Å². The molecule has 0 aromatic carbocycles. The Kier molecular flexibility index (Phi) is 4.65. The summed E-state index contributed by atoms with van der Waals surface area (Å²) < 4.78 is 0. The van der Waals surface area contributed by atoms with Crippen molar-refractivity contribution in [3.63, 3.8) is 0 Å². The van der Waals surface area contributed by atoms with Gasteiger partial charge in [0, 0.05) is 18.9 Å². The van der Waals surface area contributed by atoms with Crippen molar-refractivity contribution in [3.05, 3.63) is 29.6 Å². The second-order valence-electron chi connectivity index (χ2n) is 4.37. The van der Waals surface area contributed by atoms with Crippen LogP contribution >= 0.6 is 0 Å². The van der Waals surface area contributed by atoms with Crippen LogP contribution in [0.2, 0.25) is 0 Å². The maximum absolute atomic E-state index is 11.8. The Bertz CT molecular complexity index is 435. The molecule has 1 amide bonds. The number of nitrogens with one attached hydrogen (secondary N) is 1. The second kappa shape index (κ2) is 6.00.